The van der Waals surface area contributed by atoms with Gasteiger partial charge in [-0.2, -0.15) is 0 Å². The van der Waals surface area contributed by atoms with Crippen molar-refractivity contribution in [2.45, 2.75) is 43.7 Å². The summed E-state index contributed by atoms with van der Waals surface area (Å²) >= 11 is 0. The molecule has 1 atom stereocenters. The molecule has 1 rings (SSSR count). The van der Waals surface area contributed by atoms with Crippen LogP contribution < -0.4 is 10.0 Å². The molecule has 9 heteroatoms. The average Bonchev–Trinajstić information content (AvgIpc) is 2.45. The molecule has 0 bridgehead atoms. The van der Waals surface area contributed by atoms with Gasteiger partial charge in [0.15, 0.2) is 0 Å². The van der Waals surface area contributed by atoms with Gasteiger partial charge in [0.1, 0.15) is 0 Å². The van der Waals surface area contributed by atoms with Gasteiger partial charge in [-0.15, -0.1) is 0 Å². The van der Waals surface area contributed by atoms with Crippen LogP contribution in [-0.2, 0) is 19.6 Å². The highest BCUT2D eigenvalue weighted by atomic mass is 32.2. The lowest BCUT2D eigenvalue weighted by Gasteiger charge is -2.28. The van der Waals surface area contributed by atoms with Crippen molar-refractivity contribution in [2.75, 3.05) is 13.7 Å². The number of rotatable bonds is 9. The zero-order valence-electron chi connectivity index (χ0n) is 14.7. The average molecular weight is 372 g/mol. The fourth-order valence-electron chi connectivity index (χ4n) is 2.31. The third kappa shape index (κ3) is 6.45. The van der Waals surface area contributed by atoms with Gasteiger partial charge >= 0.3 is 5.97 Å². The van der Waals surface area contributed by atoms with Gasteiger partial charge in [-0.25, -0.2) is 13.1 Å². The Morgan fingerprint density at radius 1 is 1.32 bits per heavy atom. The fourth-order valence-corrected chi connectivity index (χ4v) is 3.61. The van der Waals surface area contributed by atoms with E-state index in [2.05, 4.69) is 10.0 Å². The van der Waals surface area contributed by atoms with Crippen LogP contribution in [0.15, 0.2) is 29.2 Å². The van der Waals surface area contributed by atoms with E-state index in [0.29, 0.717) is 0 Å². The fraction of sp³-hybridized carbons (Fsp3) is 0.500. The third-order valence-electron chi connectivity index (χ3n) is 3.22. The summed E-state index contributed by atoms with van der Waals surface area (Å²) in [6.07, 6.45) is -0.334. The molecule has 3 N–H and O–H groups in total. The van der Waals surface area contributed by atoms with E-state index < -0.39 is 27.4 Å². The van der Waals surface area contributed by atoms with E-state index >= 15 is 0 Å². The maximum Gasteiger partial charge on any atom is 0.305 e. The van der Waals surface area contributed by atoms with Gasteiger partial charge in [-0.3, -0.25) is 9.59 Å². The Morgan fingerprint density at radius 2 is 1.96 bits per heavy atom. The van der Waals surface area contributed by atoms with Gasteiger partial charge in [0.25, 0.3) is 5.91 Å². The number of hydrogen-bond donors (Lipinski definition) is 3. The Labute approximate surface area is 147 Å². The minimum atomic E-state index is -3.74. The van der Waals surface area contributed by atoms with E-state index in [1.54, 1.807) is 20.8 Å². The number of benzene rings is 1. The molecule has 0 fully saturated rings. The summed E-state index contributed by atoms with van der Waals surface area (Å²) in [5.41, 5.74) is -1.01. The molecule has 1 unspecified atom stereocenters. The van der Waals surface area contributed by atoms with Crippen molar-refractivity contribution < 1.29 is 27.9 Å². The summed E-state index contributed by atoms with van der Waals surface area (Å²) in [6, 6.07) is 5.25. The molecule has 0 radical (unpaired) electrons. The zero-order chi connectivity index (χ0) is 19.3. The first-order valence-corrected chi connectivity index (χ1v) is 9.13. The number of aliphatic carboxylic acids is 1. The van der Waals surface area contributed by atoms with Gasteiger partial charge in [-0.1, -0.05) is 6.07 Å². The molecule has 8 nitrogen and oxygen atoms in total. The van der Waals surface area contributed by atoms with Crippen LogP contribution in [0.3, 0.4) is 0 Å². The second-order valence-electron chi connectivity index (χ2n) is 6.32. The summed E-state index contributed by atoms with van der Waals surface area (Å²) < 4.78 is 31.8. The third-order valence-corrected chi connectivity index (χ3v) is 4.87. The summed E-state index contributed by atoms with van der Waals surface area (Å²) in [5, 5.41) is 11.6. The molecule has 0 saturated carbocycles. The normalized spacial score (nSPS) is 14.1. The van der Waals surface area contributed by atoms with Crippen molar-refractivity contribution in [3.63, 3.8) is 0 Å². The molecule has 25 heavy (non-hydrogen) atoms. The Bertz CT molecular complexity index is 732. The Morgan fingerprint density at radius 3 is 2.48 bits per heavy atom. The minimum Gasteiger partial charge on any atom is -0.481 e. The van der Waals surface area contributed by atoms with E-state index in [9.17, 15) is 18.0 Å². The predicted octanol–water partition coefficient (Wildman–Crippen LogP) is 0.983. The molecule has 0 aliphatic rings. The summed E-state index contributed by atoms with van der Waals surface area (Å²) in [4.78, 5) is 23.4. The van der Waals surface area contributed by atoms with Crippen LogP contribution in [-0.4, -0.2) is 50.7 Å². The number of carbonyl (C=O) groups excluding carboxylic acids is 1. The molecule has 0 aliphatic carbocycles. The van der Waals surface area contributed by atoms with Crippen LogP contribution in [0, 0.1) is 0 Å². The van der Waals surface area contributed by atoms with Crippen molar-refractivity contribution in [2.24, 2.45) is 0 Å². The highest BCUT2D eigenvalue weighted by molar-refractivity contribution is 7.89. The largest absolute Gasteiger partial charge is 0.481 e. The number of ether oxygens (including phenoxy) is 1. The molecule has 0 spiro atoms. The number of carboxylic acids is 1. The minimum absolute atomic E-state index is 0.00205. The Hall–Kier alpha value is -1.97. The lowest BCUT2D eigenvalue weighted by Crippen LogP contribution is -2.50. The molecule has 140 valence electrons. The van der Waals surface area contributed by atoms with E-state index in [0.717, 1.165) is 0 Å². The smallest absolute Gasteiger partial charge is 0.305 e. The number of hydrogen-bond acceptors (Lipinski definition) is 5. The summed E-state index contributed by atoms with van der Waals surface area (Å²) in [5.74, 6) is -1.67. The van der Waals surface area contributed by atoms with Gasteiger partial charge in [0.2, 0.25) is 10.0 Å². The summed E-state index contributed by atoms with van der Waals surface area (Å²) in [7, 11) is -2.34. The highest BCUT2D eigenvalue weighted by Crippen LogP contribution is 2.15. The number of amides is 1. The van der Waals surface area contributed by atoms with Crippen molar-refractivity contribution in [1.82, 2.24) is 10.0 Å². The number of carboxylic acid groups (broad SMARTS) is 1. The molecule has 1 aromatic carbocycles. The second-order valence-corrected chi connectivity index (χ2v) is 8.04. The van der Waals surface area contributed by atoms with Crippen LogP contribution in [0.2, 0.25) is 0 Å². The molecular weight excluding hydrogens is 348 g/mol. The standard InChI is InChI=1S/C16H24N2O6S/c1-11(2)18-25(22,23)13-7-5-6-12(8-13)15(21)17-16(3,10-24-4)9-14(19)20/h5-8,11,18H,9-10H2,1-4H3,(H,17,21)(H,19,20). The first kappa shape index (κ1) is 21.1. The second kappa shape index (κ2) is 8.41. The van der Waals surface area contributed by atoms with Gasteiger partial charge in [0, 0.05) is 18.7 Å². The van der Waals surface area contributed by atoms with Crippen molar-refractivity contribution >= 4 is 21.9 Å². The van der Waals surface area contributed by atoms with Crippen molar-refractivity contribution in [3.8, 4) is 0 Å². The van der Waals surface area contributed by atoms with Crippen LogP contribution >= 0.6 is 0 Å². The first-order valence-electron chi connectivity index (χ1n) is 7.65. The lowest BCUT2D eigenvalue weighted by molar-refractivity contribution is -0.139. The summed E-state index contributed by atoms with van der Waals surface area (Å²) in [6.45, 7) is 4.92. The number of methoxy groups -OCH3 is 1. The van der Waals surface area contributed by atoms with E-state index in [4.69, 9.17) is 9.84 Å². The van der Waals surface area contributed by atoms with Gasteiger partial charge in [-0.05, 0) is 39.0 Å². The quantitative estimate of drug-likeness (QED) is 0.594. The number of carbonyl (C=O) groups is 2. The Balaban J connectivity index is 3.06. The highest BCUT2D eigenvalue weighted by Gasteiger charge is 2.30. The first-order chi connectivity index (χ1) is 11.5. The van der Waals surface area contributed by atoms with E-state index in [1.807, 2.05) is 0 Å². The van der Waals surface area contributed by atoms with Crippen molar-refractivity contribution in [3.05, 3.63) is 29.8 Å². The van der Waals surface area contributed by atoms with Gasteiger partial charge in [0.05, 0.1) is 23.5 Å². The number of sulfonamides is 1. The Kier molecular flexibility index (Phi) is 7.09. The predicted molar refractivity (Wildman–Crippen MR) is 91.9 cm³/mol. The van der Waals surface area contributed by atoms with E-state index in [-0.39, 0.29) is 29.5 Å². The molecule has 0 saturated heterocycles. The maximum atomic E-state index is 12.4. The zero-order valence-corrected chi connectivity index (χ0v) is 15.5. The molecular formula is C16H24N2O6S. The van der Waals surface area contributed by atoms with Crippen LogP contribution in [0.25, 0.3) is 0 Å². The van der Waals surface area contributed by atoms with Crippen LogP contribution in [0.1, 0.15) is 37.6 Å². The molecule has 1 amide bonds. The molecule has 0 heterocycles. The molecule has 0 aromatic heterocycles. The van der Waals surface area contributed by atoms with Crippen molar-refractivity contribution in [1.29, 1.82) is 0 Å². The number of nitrogens with one attached hydrogen (secondary N) is 2. The molecule has 0 aliphatic heterocycles. The van der Waals surface area contributed by atoms with Gasteiger partial charge < -0.3 is 15.2 Å². The molecule has 1 aromatic rings. The van der Waals surface area contributed by atoms with Crippen LogP contribution in [0.4, 0.5) is 0 Å². The topological polar surface area (TPSA) is 122 Å². The SMILES string of the molecule is COCC(C)(CC(=O)O)NC(=O)c1cccc(S(=O)(=O)NC(C)C)c1. The lowest BCUT2D eigenvalue weighted by atomic mass is 9.98. The monoisotopic (exact) mass is 372 g/mol. The maximum absolute atomic E-state index is 12.4. The van der Waals surface area contributed by atoms with E-state index in [1.165, 1.54) is 31.4 Å². The van der Waals surface area contributed by atoms with Crippen LogP contribution in [0.5, 0.6) is 0 Å².